The Hall–Kier alpha value is -2.07. The van der Waals surface area contributed by atoms with E-state index in [0.29, 0.717) is 0 Å². The minimum Gasteiger partial charge on any atom is -0.340 e. The lowest BCUT2D eigenvalue weighted by atomic mass is 10.1. The number of rotatable bonds is 3. The van der Waals surface area contributed by atoms with Gasteiger partial charge in [-0.25, -0.2) is 0 Å². The molecule has 2 heterocycles. The Labute approximate surface area is 156 Å². The van der Waals surface area contributed by atoms with E-state index in [-0.39, 0.29) is 5.91 Å². The quantitative estimate of drug-likeness (QED) is 0.631. The smallest absolute Gasteiger partial charge is 0.270 e. The molecule has 0 saturated heterocycles. The van der Waals surface area contributed by atoms with Crippen molar-refractivity contribution in [3.8, 4) is 0 Å². The lowest BCUT2D eigenvalue weighted by molar-refractivity contribution is 0.0790. The highest BCUT2D eigenvalue weighted by molar-refractivity contribution is 9.10. The second-order valence-electron chi connectivity index (χ2n) is 6.71. The average molecular weight is 397 g/mol. The van der Waals surface area contributed by atoms with Gasteiger partial charge < -0.3 is 9.47 Å². The third-order valence-corrected chi connectivity index (χ3v) is 5.56. The maximum atomic E-state index is 13.0. The molecule has 0 radical (unpaired) electrons. The van der Waals surface area contributed by atoms with E-state index in [4.69, 9.17) is 0 Å². The van der Waals surface area contributed by atoms with Gasteiger partial charge in [0.25, 0.3) is 5.91 Å². The van der Waals surface area contributed by atoms with Crippen molar-refractivity contribution in [2.75, 3.05) is 13.6 Å². The van der Waals surface area contributed by atoms with Gasteiger partial charge in [0.05, 0.1) is 0 Å². The SMILES string of the molecule is CN1CCCc2c(n(CCc3ccccc3)c3ccc(Br)cc23)C1=O. The molecule has 2 aromatic carbocycles. The number of fused-ring (bicyclic) bond motifs is 3. The highest BCUT2D eigenvalue weighted by Gasteiger charge is 2.27. The maximum Gasteiger partial charge on any atom is 0.270 e. The normalized spacial score (nSPS) is 14.6. The van der Waals surface area contributed by atoms with Gasteiger partial charge in [-0.3, -0.25) is 4.79 Å². The fourth-order valence-electron chi connectivity index (χ4n) is 3.79. The molecule has 25 heavy (non-hydrogen) atoms. The number of halogens is 1. The summed E-state index contributed by atoms with van der Waals surface area (Å²) in [4.78, 5) is 14.9. The molecule has 0 bridgehead atoms. The summed E-state index contributed by atoms with van der Waals surface area (Å²) in [5.74, 6) is 0.146. The molecule has 0 saturated carbocycles. The van der Waals surface area contributed by atoms with Gasteiger partial charge in [0.2, 0.25) is 0 Å². The van der Waals surface area contributed by atoms with Gasteiger partial charge in [0.15, 0.2) is 0 Å². The molecule has 0 fully saturated rings. The number of aryl methyl sites for hydroxylation is 3. The molecular weight excluding hydrogens is 376 g/mol. The predicted octanol–water partition coefficient (Wildman–Crippen LogP) is 4.66. The number of benzene rings is 2. The molecule has 3 aromatic rings. The van der Waals surface area contributed by atoms with Gasteiger partial charge in [-0.1, -0.05) is 46.3 Å². The Morgan fingerprint density at radius 3 is 2.72 bits per heavy atom. The van der Waals surface area contributed by atoms with Gasteiger partial charge in [0, 0.05) is 35.5 Å². The number of hydrogen-bond acceptors (Lipinski definition) is 1. The van der Waals surface area contributed by atoms with Gasteiger partial charge in [0.1, 0.15) is 5.69 Å². The van der Waals surface area contributed by atoms with Crippen molar-refractivity contribution in [2.45, 2.75) is 25.8 Å². The fourth-order valence-corrected chi connectivity index (χ4v) is 4.15. The molecule has 0 unspecified atom stereocenters. The van der Waals surface area contributed by atoms with Crippen LogP contribution in [-0.2, 0) is 19.4 Å². The second-order valence-corrected chi connectivity index (χ2v) is 7.62. The summed E-state index contributed by atoms with van der Waals surface area (Å²) >= 11 is 3.59. The summed E-state index contributed by atoms with van der Waals surface area (Å²) in [5, 5.41) is 1.21. The van der Waals surface area contributed by atoms with Gasteiger partial charge in [-0.15, -0.1) is 0 Å². The van der Waals surface area contributed by atoms with E-state index in [9.17, 15) is 4.79 Å². The van der Waals surface area contributed by atoms with Crippen LogP contribution in [0.1, 0.15) is 28.0 Å². The molecule has 4 heteroatoms. The first-order chi connectivity index (χ1) is 12.1. The van der Waals surface area contributed by atoms with Gasteiger partial charge in [-0.2, -0.15) is 0 Å². The van der Waals surface area contributed by atoms with E-state index in [2.05, 4.69) is 63.0 Å². The summed E-state index contributed by atoms with van der Waals surface area (Å²) in [7, 11) is 1.91. The lowest BCUT2D eigenvalue weighted by Gasteiger charge is -2.17. The van der Waals surface area contributed by atoms with Crippen LogP contribution in [-0.4, -0.2) is 29.0 Å². The van der Waals surface area contributed by atoms with E-state index in [1.807, 2.05) is 18.0 Å². The van der Waals surface area contributed by atoms with Crippen molar-refractivity contribution in [1.82, 2.24) is 9.47 Å². The van der Waals surface area contributed by atoms with E-state index in [1.54, 1.807) is 0 Å². The van der Waals surface area contributed by atoms with Crippen molar-refractivity contribution < 1.29 is 4.79 Å². The first-order valence-corrected chi connectivity index (χ1v) is 9.54. The molecule has 128 valence electrons. The Bertz CT molecular complexity index is 930. The molecule has 1 aliphatic rings. The Kier molecular flexibility index (Phi) is 4.38. The predicted molar refractivity (Wildman–Crippen MR) is 105 cm³/mol. The van der Waals surface area contributed by atoms with Crippen LogP contribution in [0.15, 0.2) is 53.0 Å². The molecule has 0 aliphatic carbocycles. The zero-order valence-electron chi connectivity index (χ0n) is 14.3. The summed E-state index contributed by atoms with van der Waals surface area (Å²) in [6, 6.07) is 16.8. The summed E-state index contributed by atoms with van der Waals surface area (Å²) in [6.45, 7) is 1.64. The highest BCUT2D eigenvalue weighted by Crippen LogP contribution is 2.32. The first kappa shape index (κ1) is 16.4. The zero-order valence-corrected chi connectivity index (χ0v) is 15.9. The van der Waals surface area contributed by atoms with Crippen molar-refractivity contribution in [2.24, 2.45) is 0 Å². The van der Waals surface area contributed by atoms with Crippen LogP contribution < -0.4 is 0 Å². The number of aromatic nitrogens is 1. The lowest BCUT2D eigenvalue weighted by Crippen LogP contribution is -2.28. The molecule has 1 aromatic heterocycles. The van der Waals surface area contributed by atoms with Crippen LogP contribution in [0.3, 0.4) is 0 Å². The van der Waals surface area contributed by atoms with Crippen molar-refractivity contribution in [3.63, 3.8) is 0 Å². The minimum absolute atomic E-state index is 0.146. The molecule has 0 spiro atoms. The molecule has 0 atom stereocenters. The van der Waals surface area contributed by atoms with Crippen molar-refractivity contribution in [1.29, 1.82) is 0 Å². The van der Waals surface area contributed by atoms with Crippen LogP contribution in [0.5, 0.6) is 0 Å². The number of nitrogens with zero attached hydrogens (tertiary/aromatic N) is 2. The largest absolute Gasteiger partial charge is 0.340 e. The van der Waals surface area contributed by atoms with Gasteiger partial charge in [-0.05, 0) is 48.6 Å². The number of carbonyl (C=O) groups excluding carboxylic acids is 1. The Balaban J connectivity index is 1.84. The molecule has 4 rings (SSSR count). The molecule has 0 N–H and O–H groups in total. The van der Waals surface area contributed by atoms with Gasteiger partial charge >= 0.3 is 0 Å². The van der Waals surface area contributed by atoms with Crippen molar-refractivity contribution >= 4 is 32.7 Å². The minimum atomic E-state index is 0.146. The van der Waals surface area contributed by atoms with Crippen LogP contribution in [0.4, 0.5) is 0 Å². The third kappa shape index (κ3) is 2.99. The third-order valence-electron chi connectivity index (χ3n) is 5.07. The highest BCUT2D eigenvalue weighted by atomic mass is 79.9. The van der Waals surface area contributed by atoms with Crippen LogP contribution >= 0.6 is 15.9 Å². The van der Waals surface area contributed by atoms with E-state index in [1.165, 1.54) is 16.5 Å². The van der Waals surface area contributed by atoms with Crippen LogP contribution in [0.2, 0.25) is 0 Å². The molecule has 1 aliphatic heterocycles. The standard InChI is InChI=1S/C21H21BrN2O/c1-23-12-5-8-17-18-14-16(22)9-10-19(18)24(20(17)21(23)25)13-11-15-6-3-2-4-7-15/h2-4,6-7,9-10,14H,5,8,11-13H2,1H3. The number of carbonyl (C=O) groups is 1. The zero-order chi connectivity index (χ0) is 17.4. The molecular formula is C21H21BrN2O. The number of amides is 1. The summed E-state index contributed by atoms with van der Waals surface area (Å²) in [5.41, 5.74) is 4.54. The topological polar surface area (TPSA) is 25.2 Å². The molecule has 1 amide bonds. The molecule has 3 nitrogen and oxygen atoms in total. The Morgan fingerprint density at radius 2 is 1.92 bits per heavy atom. The Morgan fingerprint density at radius 1 is 1.12 bits per heavy atom. The van der Waals surface area contributed by atoms with E-state index >= 15 is 0 Å². The fraction of sp³-hybridized carbons (Fsp3) is 0.286. The van der Waals surface area contributed by atoms with Crippen LogP contribution in [0, 0.1) is 0 Å². The van der Waals surface area contributed by atoms with Crippen LogP contribution in [0.25, 0.3) is 10.9 Å². The summed E-state index contributed by atoms with van der Waals surface area (Å²) in [6.07, 6.45) is 2.89. The monoisotopic (exact) mass is 396 g/mol. The van der Waals surface area contributed by atoms with E-state index in [0.717, 1.165) is 48.0 Å². The summed E-state index contributed by atoms with van der Waals surface area (Å²) < 4.78 is 3.29. The maximum absolute atomic E-state index is 13.0. The number of hydrogen-bond donors (Lipinski definition) is 0. The van der Waals surface area contributed by atoms with E-state index < -0.39 is 0 Å². The van der Waals surface area contributed by atoms with Crippen molar-refractivity contribution in [3.05, 3.63) is 69.8 Å². The average Bonchev–Trinajstić information content (AvgIpc) is 2.84. The first-order valence-electron chi connectivity index (χ1n) is 8.75. The second kappa shape index (κ2) is 6.68.